The summed E-state index contributed by atoms with van der Waals surface area (Å²) >= 11 is 1.53. The van der Waals surface area contributed by atoms with Gasteiger partial charge in [-0.2, -0.15) is 4.31 Å². The molecule has 0 aliphatic heterocycles. The first-order chi connectivity index (χ1) is 12.0. The first kappa shape index (κ1) is 17.7. The van der Waals surface area contributed by atoms with Gasteiger partial charge in [-0.05, 0) is 42.1 Å². The molecule has 5 nitrogen and oxygen atoms in total. The van der Waals surface area contributed by atoms with E-state index in [1.807, 2.05) is 30.5 Å². The fourth-order valence-corrected chi connectivity index (χ4v) is 4.96. The largest absolute Gasteiger partial charge is 0.495 e. The molecule has 0 spiro atoms. The standard InChI is InChI=1S/C18H19NO4S2/c1-14-5-6-17(22-2)18(10-14)25(20,21)19(11-15-7-8-23-13-15)12-16-4-3-9-24-16/h3-10,13H,11-12H2,1-2H3. The number of nitrogens with zero attached hydrogens (tertiary/aromatic N) is 1. The minimum atomic E-state index is -3.75. The van der Waals surface area contributed by atoms with Crippen LogP contribution in [0.5, 0.6) is 5.75 Å². The van der Waals surface area contributed by atoms with Crippen LogP contribution >= 0.6 is 11.3 Å². The summed E-state index contributed by atoms with van der Waals surface area (Å²) in [6.45, 7) is 2.38. The molecule has 0 unspecified atom stereocenters. The minimum absolute atomic E-state index is 0.176. The summed E-state index contributed by atoms with van der Waals surface area (Å²) in [4.78, 5) is 1.15. The molecular formula is C18H19NO4S2. The van der Waals surface area contributed by atoms with E-state index in [1.165, 1.54) is 22.8 Å². The van der Waals surface area contributed by atoms with Crippen LogP contribution in [0.2, 0.25) is 0 Å². The third kappa shape index (κ3) is 3.95. The summed E-state index contributed by atoms with van der Waals surface area (Å²) in [5.41, 5.74) is 1.66. The molecule has 3 aromatic rings. The summed E-state index contributed by atoms with van der Waals surface area (Å²) in [6.07, 6.45) is 3.10. The second kappa shape index (κ2) is 7.43. The van der Waals surface area contributed by atoms with E-state index in [0.717, 1.165) is 16.0 Å². The maximum absolute atomic E-state index is 13.3. The lowest BCUT2D eigenvalue weighted by Gasteiger charge is -2.22. The van der Waals surface area contributed by atoms with Crippen molar-refractivity contribution in [2.45, 2.75) is 24.9 Å². The smallest absolute Gasteiger partial charge is 0.247 e. The van der Waals surface area contributed by atoms with Crippen LogP contribution in [0, 0.1) is 6.92 Å². The van der Waals surface area contributed by atoms with Crippen molar-refractivity contribution in [1.82, 2.24) is 4.31 Å². The SMILES string of the molecule is COc1ccc(C)cc1S(=O)(=O)N(Cc1ccoc1)Cc1cccs1. The summed E-state index contributed by atoms with van der Waals surface area (Å²) in [7, 11) is -2.27. The van der Waals surface area contributed by atoms with E-state index in [4.69, 9.17) is 9.15 Å². The minimum Gasteiger partial charge on any atom is -0.495 e. The van der Waals surface area contributed by atoms with Gasteiger partial charge in [0.1, 0.15) is 10.6 Å². The van der Waals surface area contributed by atoms with Gasteiger partial charge in [-0.25, -0.2) is 8.42 Å². The van der Waals surface area contributed by atoms with E-state index in [0.29, 0.717) is 12.3 Å². The lowest BCUT2D eigenvalue weighted by Crippen LogP contribution is -2.30. The van der Waals surface area contributed by atoms with Gasteiger partial charge in [0, 0.05) is 23.5 Å². The third-order valence-electron chi connectivity index (χ3n) is 3.79. The maximum atomic E-state index is 13.3. The number of furan rings is 1. The Labute approximate surface area is 151 Å². The summed E-state index contributed by atoms with van der Waals surface area (Å²) < 4.78 is 38.5. The lowest BCUT2D eigenvalue weighted by molar-refractivity contribution is 0.383. The molecule has 7 heteroatoms. The fourth-order valence-electron chi connectivity index (χ4n) is 2.51. The molecule has 2 heterocycles. The number of sulfonamides is 1. The van der Waals surface area contributed by atoms with Crippen LogP contribution in [0.1, 0.15) is 16.0 Å². The molecule has 2 aromatic heterocycles. The lowest BCUT2D eigenvalue weighted by atomic mass is 10.2. The predicted octanol–water partition coefficient (Wildman–Crippen LogP) is 4.05. The first-order valence-corrected chi connectivity index (χ1v) is 10.0. The Morgan fingerprint density at radius 1 is 1.20 bits per heavy atom. The molecule has 0 bridgehead atoms. The van der Waals surface area contributed by atoms with E-state index in [-0.39, 0.29) is 11.4 Å². The maximum Gasteiger partial charge on any atom is 0.247 e. The molecule has 0 saturated carbocycles. The summed E-state index contributed by atoms with van der Waals surface area (Å²) in [5, 5.41) is 1.94. The van der Waals surface area contributed by atoms with Crippen molar-refractivity contribution in [3.05, 3.63) is 70.3 Å². The summed E-state index contributed by atoms with van der Waals surface area (Å²) in [6, 6.07) is 10.8. The average molecular weight is 377 g/mol. The molecule has 0 saturated heterocycles. The average Bonchev–Trinajstić information content (AvgIpc) is 3.28. The molecule has 25 heavy (non-hydrogen) atoms. The highest BCUT2D eigenvalue weighted by atomic mass is 32.2. The molecule has 0 fully saturated rings. The Balaban J connectivity index is 2.02. The highest BCUT2D eigenvalue weighted by molar-refractivity contribution is 7.89. The molecular weight excluding hydrogens is 358 g/mol. The number of hydrogen-bond donors (Lipinski definition) is 0. The van der Waals surface area contributed by atoms with Crippen LogP contribution in [0.3, 0.4) is 0 Å². The number of ether oxygens (including phenoxy) is 1. The molecule has 1 aromatic carbocycles. The second-order valence-corrected chi connectivity index (χ2v) is 8.58. The third-order valence-corrected chi connectivity index (χ3v) is 6.46. The zero-order valence-corrected chi connectivity index (χ0v) is 15.6. The van der Waals surface area contributed by atoms with E-state index >= 15 is 0 Å². The second-order valence-electron chi connectivity index (χ2n) is 5.64. The topological polar surface area (TPSA) is 59.8 Å². The Bertz CT molecular complexity index is 880. The number of thiophene rings is 1. The highest BCUT2D eigenvalue weighted by Crippen LogP contribution is 2.30. The van der Waals surface area contributed by atoms with Gasteiger partial charge in [-0.3, -0.25) is 0 Å². The van der Waals surface area contributed by atoms with Gasteiger partial charge in [0.2, 0.25) is 10.0 Å². The molecule has 0 radical (unpaired) electrons. The quantitative estimate of drug-likeness (QED) is 0.623. The van der Waals surface area contributed by atoms with Crippen molar-refractivity contribution in [2.75, 3.05) is 7.11 Å². The first-order valence-electron chi connectivity index (χ1n) is 7.69. The van der Waals surface area contributed by atoms with Gasteiger partial charge in [0.25, 0.3) is 0 Å². The van der Waals surface area contributed by atoms with Crippen LogP contribution in [0.25, 0.3) is 0 Å². The molecule has 0 N–H and O–H groups in total. The van der Waals surface area contributed by atoms with Crippen molar-refractivity contribution >= 4 is 21.4 Å². The molecule has 0 amide bonds. The van der Waals surface area contributed by atoms with Crippen molar-refractivity contribution in [3.63, 3.8) is 0 Å². The number of aryl methyl sites for hydroxylation is 1. The normalized spacial score (nSPS) is 11.8. The van der Waals surface area contributed by atoms with Crippen LogP contribution in [-0.2, 0) is 23.1 Å². The van der Waals surface area contributed by atoms with Crippen molar-refractivity contribution in [2.24, 2.45) is 0 Å². The van der Waals surface area contributed by atoms with Crippen LogP contribution in [-0.4, -0.2) is 19.8 Å². The number of rotatable bonds is 7. The van der Waals surface area contributed by atoms with Crippen LogP contribution < -0.4 is 4.74 Å². The Morgan fingerprint density at radius 3 is 2.68 bits per heavy atom. The van der Waals surface area contributed by atoms with Crippen molar-refractivity contribution in [3.8, 4) is 5.75 Å². The van der Waals surface area contributed by atoms with E-state index in [9.17, 15) is 8.42 Å². The highest BCUT2D eigenvalue weighted by Gasteiger charge is 2.28. The number of benzene rings is 1. The molecule has 132 valence electrons. The Hall–Kier alpha value is -2.09. The Morgan fingerprint density at radius 2 is 2.04 bits per heavy atom. The van der Waals surface area contributed by atoms with Gasteiger partial charge >= 0.3 is 0 Å². The van der Waals surface area contributed by atoms with Crippen LogP contribution in [0.15, 0.2) is 63.6 Å². The predicted molar refractivity (Wildman–Crippen MR) is 97.2 cm³/mol. The molecule has 0 aliphatic rings. The number of hydrogen-bond acceptors (Lipinski definition) is 5. The van der Waals surface area contributed by atoms with Gasteiger partial charge < -0.3 is 9.15 Å². The van der Waals surface area contributed by atoms with Gasteiger partial charge in [-0.15, -0.1) is 11.3 Å². The summed E-state index contributed by atoms with van der Waals surface area (Å²) in [5.74, 6) is 0.342. The monoisotopic (exact) mass is 377 g/mol. The van der Waals surface area contributed by atoms with E-state index < -0.39 is 10.0 Å². The van der Waals surface area contributed by atoms with Gasteiger partial charge in [0.15, 0.2) is 0 Å². The molecule has 0 aliphatic carbocycles. The zero-order chi connectivity index (χ0) is 17.9. The number of methoxy groups -OCH3 is 1. The Kier molecular flexibility index (Phi) is 5.27. The van der Waals surface area contributed by atoms with E-state index in [2.05, 4.69) is 0 Å². The molecule has 0 atom stereocenters. The van der Waals surface area contributed by atoms with Gasteiger partial charge in [0.05, 0.1) is 19.6 Å². The van der Waals surface area contributed by atoms with Crippen molar-refractivity contribution in [1.29, 1.82) is 0 Å². The molecule has 3 rings (SSSR count). The van der Waals surface area contributed by atoms with E-state index in [1.54, 1.807) is 30.7 Å². The van der Waals surface area contributed by atoms with Gasteiger partial charge in [-0.1, -0.05) is 12.1 Å². The van der Waals surface area contributed by atoms with Crippen molar-refractivity contribution < 1.29 is 17.6 Å². The zero-order valence-electron chi connectivity index (χ0n) is 14.0. The van der Waals surface area contributed by atoms with Crippen LogP contribution in [0.4, 0.5) is 0 Å². The fraction of sp³-hybridized carbons (Fsp3) is 0.222.